The fourth-order valence-corrected chi connectivity index (χ4v) is 5.36. The van der Waals surface area contributed by atoms with E-state index in [0.29, 0.717) is 47.0 Å². The van der Waals surface area contributed by atoms with Gasteiger partial charge in [0.05, 0.1) is 32.3 Å². The maximum Gasteiger partial charge on any atom is 0.264 e. The smallest absolute Gasteiger partial charge is 0.264 e. The number of ether oxygens (including phenoxy) is 1. The van der Waals surface area contributed by atoms with E-state index in [1.54, 1.807) is 30.3 Å². The van der Waals surface area contributed by atoms with Crippen molar-refractivity contribution in [3.05, 3.63) is 52.7 Å². The second kappa shape index (κ2) is 8.17. The molecular formula is C24H24N4O4S. The van der Waals surface area contributed by atoms with Crippen molar-refractivity contribution in [1.82, 2.24) is 19.8 Å². The number of aliphatic hydroxyl groups is 1. The summed E-state index contributed by atoms with van der Waals surface area (Å²) in [5, 5.41) is 13.3. The first-order valence-electron chi connectivity index (χ1n) is 10.7. The minimum Gasteiger partial charge on any atom is -0.456 e. The Bertz CT molecular complexity index is 1410. The highest BCUT2D eigenvalue weighted by atomic mass is 32.1. The molecule has 0 spiro atoms. The van der Waals surface area contributed by atoms with Crippen LogP contribution in [-0.4, -0.2) is 57.6 Å². The van der Waals surface area contributed by atoms with Crippen LogP contribution in [0.1, 0.15) is 32.1 Å². The Labute approximate surface area is 194 Å². The molecule has 1 aliphatic rings. The van der Waals surface area contributed by atoms with Crippen molar-refractivity contribution in [1.29, 1.82) is 0 Å². The number of carbonyl (C=O) groups excluding carboxylic acids is 2. The number of hydrogen-bond acceptors (Lipinski definition) is 6. The van der Waals surface area contributed by atoms with Crippen LogP contribution < -0.4 is 10.1 Å². The lowest BCUT2D eigenvalue weighted by Gasteiger charge is -2.13. The van der Waals surface area contributed by atoms with Crippen molar-refractivity contribution in [3.8, 4) is 11.5 Å². The topological polar surface area (TPSA) is 96.7 Å². The van der Waals surface area contributed by atoms with E-state index in [2.05, 4.69) is 10.3 Å². The van der Waals surface area contributed by atoms with Crippen molar-refractivity contribution in [2.45, 2.75) is 19.4 Å². The zero-order valence-corrected chi connectivity index (χ0v) is 19.4. The van der Waals surface area contributed by atoms with Gasteiger partial charge in [0, 0.05) is 56.6 Å². The summed E-state index contributed by atoms with van der Waals surface area (Å²) >= 11 is 1.34. The Balaban J connectivity index is 1.49. The summed E-state index contributed by atoms with van der Waals surface area (Å²) in [6.45, 7) is 2.83. The molecule has 170 valence electrons. The molecule has 2 N–H and O–H groups in total. The molecule has 0 radical (unpaired) electrons. The molecule has 1 atom stereocenters. The summed E-state index contributed by atoms with van der Waals surface area (Å²) in [5.74, 6) is 1.03. The SMILES string of the molecule is CNC(=O)c1c(C)n(C)c2cc(Oc3ccnc4cc(C(=O)N5CCC(O)C5)sc34)ccc12. The maximum atomic E-state index is 12.9. The summed E-state index contributed by atoms with van der Waals surface area (Å²) in [7, 11) is 3.55. The van der Waals surface area contributed by atoms with Crippen LogP contribution in [0.25, 0.3) is 21.1 Å². The van der Waals surface area contributed by atoms with Gasteiger partial charge >= 0.3 is 0 Å². The van der Waals surface area contributed by atoms with Crippen molar-refractivity contribution in [2.24, 2.45) is 7.05 Å². The fraction of sp³-hybridized carbons (Fsp3) is 0.292. The monoisotopic (exact) mass is 464 g/mol. The number of thiophene rings is 1. The number of aryl methyl sites for hydroxylation is 1. The number of rotatable bonds is 4. The van der Waals surface area contributed by atoms with Gasteiger partial charge in [0.15, 0.2) is 0 Å². The van der Waals surface area contributed by atoms with Crippen molar-refractivity contribution >= 4 is 44.3 Å². The van der Waals surface area contributed by atoms with Crippen LogP contribution in [0.3, 0.4) is 0 Å². The zero-order valence-electron chi connectivity index (χ0n) is 18.6. The van der Waals surface area contributed by atoms with E-state index in [-0.39, 0.29) is 11.8 Å². The average molecular weight is 465 g/mol. The van der Waals surface area contributed by atoms with Gasteiger partial charge in [-0.15, -0.1) is 11.3 Å². The minimum absolute atomic E-state index is 0.0945. The number of nitrogens with one attached hydrogen (secondary N) is 1. The third-order valence-corrected chi connectivity index (χ3v) is 7.31. The quantitative estimate of drug-likeness (QED) is 0.482. The van der Waals surface area contributed by atoms with Gasteiger partial charge in [-0.25, -0.2) is 0 Å². The van der Waals surface area contributed by atoms with Crippen molar-refractivity contribution in [3.63, 3.8) is 0 Å². The van der Waals surface area contributed by atoms with Crippen LogP contribution >= 0.6 is 11.3 Å². The number of aliphatic hydroxyl groups excluding tert-OH is 1. The standard InChI is InChI=1S/C24H24N4O4S/c1-13-21(23(30)25-2)16-5-4-15(10-18(16)27(13)3)32-19-6-8-26-17-11-20(33-22(17)19)24(31)28-9-7-14(29)12-28/h4-6,8,10-11,14,29H,7,9,12H2,1-3H3,(H,25,30). The molecule has 4 aromatic rings. The molecule has 1 fully saturated rings. The first-order valence-corrected chi connectivity index (χ1v) is 11.5. The van der Waals surface area contributed by atoms with Crippen LogP contribution in [-0.2, 0) is 7.05 Å². The van der Waals surface area contributed by atoms with Gasteiger partial charge in [-0.2, -0.15) is 0 Å². The number of fused-ring (bicyclic) bond motifs is 2. The fourth-order valence-electron chi connectivity index (χ4n) is 4.33. The number of aromatic nitrogens is 2. The van der Waals surface area contributed by atoms with Crippen molar-refractivity contribution < 1.29 is 19.4 Å². The molecule has 33 heavy (non-hydrogen) atoms. The lowest BCUT2D eigenvalue weighted by Crippen LogP contribution is -2.28. The molecule has 0 bridgehead atoms. The number of β-amino-alcohol motifs (C(OH)–C–C–N with tert-alkyl or cyclic N) is 1. The molecule has 3 aromatic heterocycles. The molecule has 4 heterocycles. The molecule has 8 nitrogen and oxygen atoms in total. The summed E-state index contributed by atoms with van der Waals surface area (Å²) in [6.07, 6.45) is 1.80. The predicted molar refractivity (Wildman–Crippen MR) is 127 cm³/mol. The number of amides is 2. The Kier molecular flexibility index (Phi) is 5.30. The molecule has 9 heteroatoms. The highest BCUT2D eigenvalue weighted by molar-refractivity contribution is 7.21. The van der Waals surface area contributed by atoms with Crippen molar-refractivity contribution in [2.75, 3.05) is 20.1 Å². The third kappa shape index (κ3) is 3.63. The molecule has 1 unspecified atom stereocenters. The van der Waals surface area contributed by atoms with Crippen LogP contribution in [0.2, 0.25) is 0 Å². The summed E-state index contributed by atoms with van der Waals surface area (Å²) in [4.78, 5) is 31.8. The number of hydrogen-bond donors (Lipinski definition) is 2. The van der Waals surface area contributed by atoms with Gasteiger partial charge in [-0.3, -0.25) is 14.6 Å². The van der Waals surface area contributed by atoms with Crippen LogP contribution in [0.5, 0.6) is 11.5 Å². The molecule has 0 saturated carbocycles. The molecule has 1 aromatic carbocycles. The van der Waals surface area contributed by atoms with Crippen LogP contribution in [0.4, 0.5) is 0 Å². The number of pyridine rings is 1. The molecule has 1 saturated heterocycles. The molecular weight excluding hydrogens is 440 g/mol. The van der Waals surface area contributed by atoms with Crippen LogP contribution in [0, 0.1) is 6.92 Å². The first-order chi connectivity index (χ1) is 15.9. The molecule has 2 amide bonds. The van der Waals surface area contributed by atoms with Crippen LogP contribution in [0.15, 0.2) is 36.5 Å². The Morgan fingerprint density at radius 1 is 1.27 bits per heavy atom. The predicted octanol–water partition coefficient (Wildman–Crippen LogP) is 3.46. The highest BCUT2D eigenvalue weighted by Gasteiger charge is 2.27. The zero-order chi connectivity index (χ0) is 23.3. The van der Waals surface area contributed by atoms with Gasteiger partial charge in [-0.1, -0.05) is 0 Å². The van der Waals surface area contributed by atoms with E-state index in [1.807, 2.05) is 36.7 Å². The van der Waals surface area contributed by atoms with Gasteiger partial charge in [0.2, 0.25) is 0 Å². The summed E-state index contributed by atoms with van der Waals surface area (Å²) in [6, 6.07) is 9.20. The Morgan fingerprint density at radius 3 is 2.82 bits per heavy atom. The second-order valence-electron chi connectivity index (χ2n) is 8.21. The third-order valence-electron chi connectivity index (χ3n) is 6.18. The Hall–Kier alpha value is -3.43. The molecule has 5 rings (SSSR count). The lowest BCUT2D eigenvalue weighted by atomic mass is 10.1. The van der Waals surface area contributed by atoms with E-state index in [0.717, 1.165) is 21.3 Å². The number of benzene rings is 1. The molecule has 0 aliphatic carbocycles. The van der Waals surface area contributed by atoms with Gasteiger partial charge < -0.3 is 24.6 Å². The highest BCUT2D eigenvalue weighted by Crippen LogP contribution is 2.37. The van der Waals surface area contributed by atoms with Gasteiger partial charge in [0.1, 0.15) is 11.5 Å². The van der Waals surface area contributed by atoms with E-state index in [9.17, 15) is 14.7 Å². The lowest BCUT2D eigenvalue weighted by molar-refractivity contribution is 0.0769. The maximum absolute atomic E-state index is 12.9. The number of carbonyl (C=O) groups is 2. The first kappa shape index (κ1) is 21.4. The van der Waals surface area contributed by atoms with E-state index in [1.165, 1.54) is 11.3 Å². The van der Waals surface area contributed by atoms with E-state index >= 15 is 0 Å². The van der Waals surface area contributed by atoms with E-state index < -0.39 is 6.10 Å². The Morgan fingerprint density at radius 2 is 2.09 bits per heavy atom. The summed E-state index contributed by atoms with van der Waals surface area (Å²) < 4.78 is 8.98. The number of likely N-dealkylation sites (tertiary alicyclic amines) is 1. The number of nitrogens with zero attached hydrogens (tertiary/aromatic N) is 3. The minimum atomic E-state index is -0.458. The normalized spacial score (nSPS) is 16.0. The van der Waals surface area contributed by atoms with Gasteiger partial charge in [-0.05, 0) is 31.5 Å². The van der Waals surface area contributed by atoms with E-state index in [4.69, 9.17) is 4.74 Å². The largest absolute Gasteiger partial charge is 0.456 e. The molecule has 1 aliphatic heterocycles. The van der Waals surface area contributed by atoms with Gasteiger partial charge in [0.25, 0.3) is 11.8 Å². The summed E-state index contributed by atoms with van der Waals surface area (Å²) in [5.41, 5.74) is 3.12. The second-order valence-corrected chi connectivity index (χ2v) is 9.26. The average Bonchev–Trinajstić information content (AvgIpc) is 3.51.